The molecule has 0 spiro atoms. The Morgan fingerprint density at radius 1 is 1.54 bits per heavy atom. The van der Waals surface area contributed by atoms with Gasteiger partial charge in [-0.15, -0.1) is 10.2 Å². The molecule has 1 aromatic heterocycles. The molecule has 2 rings (SSSR count). The van der Waals surface area contributed by atoms with E-state index < -0.39 is 0 Å². The molecule has 0 aromatic carbocycles. The number of hydrogen-bond donors (Lipinski definition) is 1. The summed E-state index contributed by atoms with van der Waals surface area (Å²) in [7, 11) is 1.58. The Morgan fingerprint density at radius 3 is 2.92 bits per heavy atom. The molecule has 2 heterocycles. The Morgan fingerprint density at radius 2 is 2.31 bits per heavy atom. The third-order valence-electron chi connectivity index (χ3n) is 1.90. The van der Waals surface area contributed by atoms with Crippen LogP contribution in [-0.4, -0.2) is 33.5 Å². The van der Waals surface area contributed by atoms with E-state index >= 15 is 0 Å². The Labute approximate surface area is 74.7 Å². The third kappa shape index (κ3) is 1.10. The lowest BCUT2D eigenvalue weighted by atomic mass is 10.2. The molecule has 6 nitrogen and oxygen atoms in total. The molecule has 68 valence electrons. The quantitative estimate of drug-likeness (QED) is 0.606. The summed E-state index contributed by atoms with van der Waals surface area (Å²) in [6.07, 6.45) is 0.459. The second-order valence-corrected chi connectivity index (χ2v) is 2.78. The van der Waals surface area contributed by atoms with Crippen LogP contribution in [0.1, 0.15) is 11.6 Å². The third-order valence-corrected chi connectivity index (χ3v) is 1.90. The first kappa shape index (κ1) is 7.90. The average Bonchev–Trinajstić information content (AvgIpc) is 2.67. The van der Waals surface area contributed by atoms with Crippen LogP contribution in [0.25, 0.3) is 0 Å². The average molecular weight is 179 g/mol. The van der Waals surface area contributed by atoms with Gasteiger partial charge in [-0.25, -0.2) is 4.68 Å². The van der Waals surface area contributed by atoms with Gasteiger partial charge in [-0.1, -0.05) is 0 Å². The monoisotopic (exact) mass is 179 g/mol. The fourth-order valence-corrected chi connectivity index (χ4v) is 1.22. The number of fused-ring (bicyclic) bond motifs is 1. The molecule has 0 saturated carbocycles. The van der Waals surface area contributed by atoms with Crippen LogP contribution < -0.4 is 5.32 Å². The number of nitrogens with zero attached hydrogens (tertiary/aromatic N) is 4. The first-order valence-electron chi connectivity index (χ1n) is 3.93. The minimum absolute atomic E-state index is 0.162. The lowest BCUT2D eigenvalue weighted by Gasteiger charge is -1.94. The molecule has 0 radical (unpaired) electrons. The summed E-state index contributed by atoms with van der Waals surface area (Å²) in [4.78, 5) is 11.2. The lowest BCUT2D eigenvalue weighted by molar-refractivity contribution is -0.114. The van der Waals surface area contributed by atoms with Gasteiger partial charge in [-0.05, 0) is 6.92 Å². The van der Waals surface area contributed by atoms with Crippen molar-refractivity contribution in [2.24, 2.45) is 5.10 Å². The Balaban J connectivity index is 2.34. The summed E-state index contributed by atoms with van der Waals surface area (Å²) in [6, 6.07) is 0. The van der Waals surface area contributed by atoms with Gasteiger partial charge in [0, 0.05) is 7.05 Å². The van der Waals surface area contributed by atoms with Crippen molar-refractivity contribution in [1.82, 2.24) is 20.2 Å². The van der Waals surface area contributed by atoms with Gasteiger partial charge < -0.3 is 5.32 Å². The fraction of sp³-hybridized carbons (Fsp3) is 0.429. The van der Waals surface area contributed by atoms with Crippen LogP contribution in [-0.2, 0) is 11.2 Å². The predicted molar refractivity (Wildman–Crippen MR) is 45.4 cm³/mol. The summed E-state index contributed by atoms with van der Waals surface area (Å²) in [5.41, 5.74) is 0.482. The van der Waals surface area contributed by atoms with Crippen molar-refractivity contribution < 1.29 is 4.79 Å². The van der Waals surface area contributed by atoms with Crippen molar-refractivity contribution in [3.8, 4) is 0 Å². The van der Waals surface area contributed by atoms with Crippen molar-refractivity contribution in [2.45, 2.75) is 13.3 Å². The van der Waals surface area contributed by atoms with E-state index in [4.69, 9.17) is 0 Å². The number of aromatic nitrogens is 3. The van der Waals surface area contributed by atoms with Gasteiger partial charge in [0.05, 0.1) is 6.42 Å². The topological polar surface area (TPSA) is 72.2 Å². The Kier molecular flexibility index (Phi) is 1.61. The highest BCUT2D eigenvalue weighted by atomic mass is 16.1. The number of amides is 1. The highest BCUT2D eigenvalue weighted by Crippen LogP contribution is 2.09. The fourth-order valence-electron chi connectivity index (χ4n) is 1.22. The first-order chi connectivity index (χ1) is 6.22. The second-order valence-electron chi connectivity index (χ2n) is 2.78. The zero-order valence-electron chi connectivity index (χ0n) is 7.40. The first-order valence-corrected chi connectivity index (χ1v) is 3.93. The van der Waals surface area contributed by atoms with E-state index in [0.717, 1.165) is 5.82 Å². The largest absolute Gasteiger partial charge is 0.354 e. The van der Waals surface area contributed by atoms with E-state index in [1.807, 2.05) is 0 Å². The van der Waals surface area contributed by atoms with E-state index in [2.05, 4.69) is 20.6 Å². The predicted octanol–water partition coefficient (Wildman–Crippen LogP) is -0.907. The second kappa shape index (κ2) is 2.65. The van der Waals surface area contributed by atoms with Gasteiger partial charge in [0.15, 0.2) is 11.6 Å². The van der Waals surface area contributed by atoms with Crippen LogP contribution in [0.2, 0.25) is 0 Å². The number of carbonyl (C=O) groups is 1. The minimum atomic E-state index is -0.162. The maximum Gasteiger partial charge on any atom is 0.267 e. The molecule has 0 atom stereocenters. The summed E-state index contributed by atoms with van der Waals surface area (Å²) in [6.45, 7) is 1.80. The molecule has 1 aromatic rings. The van der Waals surface area contributed by atoms with Gasteiger partial charge in [0.2, 0.25) is 0 Å². The number of rotatable bonds is 1. The molecule has 0 fully saturated rings. The highest BCUT2D eigenvalue weighted by Gasteiger charge is 2.22. The summed E-state index contributed by atoms with van der Waals surface area (Å²) >= 11 is 0. The number of nitrogens with one attached hydrogen (secondary N) is 1. The normalized spacial score (nSPS) is 13.8. The van der Waals surface area contributed by atoms with Crippen molar-refractivity contribution in [3.05, 3.63) is 11.6 Å². The van der Waals surface area contributed by atoms with Crippen LogP contribution in [0.15, 0.2) is 5.10 Å². The van der Waals surface area contributed by atoms with Crippen molar-refractivity contribution in [1.29, 1.82) is 0 Å². The van der Waals surface area contributed by atoms with E-state index in [-0.39, 0.29) is 5.91 Å². The van der Waals surface area contributed by atoms with Crippen LogP contribution in [0.5, 0.6) is 0 Å². The summed E-state index contributed by atoms with van der Waals surface area (Å²) < 4.78 is 1.59. The van der Waals surface area contributed by atoms with Gasteiger partial charge in [-0.3, -0.25) is 4.79 Å². The molecule has 0 unspecified atom stereocenters. The smallest absolute Gasteiger partial charge is 0.267 e. The maximum atomic E-state index is 11.2. The van der Waals surface area contributed by atoms with Gasteiger partial charge in [0.25, 0.3) is 5.91 Å². The highest BCUT2D eigenvalue weighted by molar-refractivity contribution is 6.39. The molecule has 1 amide bonds. The molecule has 1 N–H and O–H groups in total. The Hall–Kier alpha value is -1.72. The lowest BCUT2D eigenvalue weighted by Crippen LogP contribution is -2.27. The Bertz CT molecular complexity index is 392. The maximum absolute atomic E-state index is 11.2. The van der Waals surface area contributed by atoms with Gasteiger partial charge in [0.1, 0.15) is 5.71 Å². The minimum Gasteiger partial charge on any atom is -0.354 e. The van der Waals surface area contributed by atoms with Crippen LogP contribution in [0.4, 0.5) is 0 Å². The van der Waals surface area contributed by atoms with Crippen LogP contribution in [0, 0.1) is 6.92 Å². The van der Waals surface area contributed by atoms with Crippen molar-refractivity contribution in [3.63, 3.8) is 0 Å². The summed E-state index contributed by atoms with van der Waals surface area (Å²) in [5, 5.41) is 14.3. The molecular weight excluding hydrogens is 170 g/mol. The summed E-state index contributed by atoms with van der Waals surface area (Å²) in [5.74, 6) is 1.26. The van der Waals surface area contributed by atoms with E-state index in [9.17, 15) is 4.79 Å². The van der Waals surface area contributed by atoms with Crippen LogP contribution >= 0.6 is 0 Å². The van der Waals surface area contributed by atoms with Crippen LogP contribution in [0.3, 0.4) is 0 Å². The number of aryl methyl sites for hydroxylation is 1. The number of carbonyl (C=O) groups excluding carboxylic acids is 1. The molecule has 0 aliphatic carbocycles. The SMILES string of the molecule is CNC(=O)C1=Nn2c(C)nnc2C1. The molecular formula is C7H9N5O. The molecule has 1 aliphatic heterocycles. The molecule has 13 heavy (non-hydrogen) atoms. The van der Waals surface area contributed by atoms with E-state index in [1.54, 1.807) is 18.6 Å². The van der Waals surface area contributed by atoms with E-state index in [1.165, 1.54) is 0 Å². The molecule has 0 bridgehead atoms. The molecule has 1 aliphatic rings. The molecule has 6 heteroatoms. The van der Waals surface area contributed by atoms with Crippen molar-refractivity contribution in [2.75, 3.05) is 7.05 Å². The van der Waals surface area contributed by atoms with Gasteiger partial charge in [-0.2, -0.15) is 5.10 Å². The van der Waals surface area contributed by atoms with Gasteiger partial charge >= 0.3 is 0 Å². The number of hydrogen-bond acceptors (Lipinski definition) is 4. The molecule has 0 saturated heterocycles. The zero-order chi connectivity index (χ0) is 9.42. The van der Waals surface area contributed by atoms with E-state index in [0.29, 0.717) is 18.0 Å². The standard InChI is InChI=1S/C7H9N5O/c1-4-9-10-6-3-5(7(13)8-2)11-12(4)6/h3H2,1-2H3,(H,8,13). The zero-order valence-corrected chi connectivity index (χ0v) is 7.40. The van der Waals surface area contributed by atoms with Crippen molar-refractivity contribution >= 4 is 11.6 Å².